The highest BCUT2D eigenvalue weighted by Gasteiger charge is 2.29. The molecule has 4 aromatic rings. The molecule has 0 aromatic heterocycles. The third kappa shape index (κ3) is 2.78. The smallest absolute Gasteiger partial charge is 0.217 e. The second-order valence-electron chi connectivity index (χ2n) is 7.79. The van der Waals surface area contributed by atoms with Gasteiger partial charge in [0, 0.05) is 11.1 Å². The maximum absolute atomic E-state index is 6.00. The number of hydrogen-bond donors (Lipinski definition) is 0. The third-order valence-electron chi connectivity index (χ3n) is 5.16. The van der Waals surface area contributed by atoms with Crippen molar-refractivity contribution < 1.29 is 4.74 Å². The summed E-state index contributed by atoms with van der Waals surface area (Å²) >= 11 is 0. The lowest BCUT2D eigenvalue weighted by Crippen LogP contribution is -2.17. The summed E-state index contributed by atoms with van der Waals surface area (Å²) in [5.41, 5.74) is 3.27. The largest absolute Gasteiger partial charge is 0.475 e. The summed E-state index contributed by atoms with van der Waals surface area (Å²) in [6, 6.07) is 28.0. The molecule has 0 saturated heterocycles. The Morgan fingerprint density at radius 1 is 0.778 bits per heavy atom. The van der Waals surface area contributed by atoms with E-state index in [0.29, 0.717) is 6.61 Å². The van der Waals surface area contributed by atoms with Crippen LogP contribution in [0.1, 0.15) is 19.4 Å². The molecule has 0 atom stereocenters. The molecule has 0 radical (unpaired) electrons. The van der Waals surface area contributed by atoms with E-state index in [0.717, 1.165) is 11.5 Å². The minimum Gasteiger partial charge on any atom is -0.475 e. The molecule has 2 nitrogen and oxygen atoms in total. The molecule has 2 heteroatoms. The second-order valence-corrected chi connectivity index (χ2v) is 7.79. The summed E-state index contributed by atoms with van der Waals surface area (Å²) < 4.78 is 6.00. The molecule has 1 heterocycles. The van der Waals surface area contributed by atoms with E-state index in [-0.39, 0.29) is 5.54 Å². The van der Waals surface area contributed by atoms with Gasteiger partial charge in [-0.1, -0.05) is 66.7 Å². The second kappa shape index (κ2) is 5.95. The first kappa shape index (κ1) is 16.1. The number of rotatable bonds is 2. The minimum absolute atomic E-state index is 0.179. The van der Waals surface area contributed by atoms with Crippen LogP contribution in [-0.2, 0) is 4.74 Å². The van der Waals surface area contributed by atoms with Gasteiger partial charge >= 0.3 is 0 Å². The number of fused-ring (bicyclic) bond motifs is 2. The molecule has 0 spiro atoms. The monoisotopic (exact) mass is 351 g/mol. The molecule has 0 aliphatic carbocycles. The highest BCUT2D eigenvalue weighted by Crippen LogP contribution is 2.36. The lowest BCUT2D eigenvalue weighted by Gasteiger charge is -2.14. The molecule has 0 bridgehead atoms. The number of nitrogens with zero attached hydrogens (tertiary/aromatic N) is 1. The quantitative estimate of drug-likeness (QED) is 0.420. The third-order valence-corrected chi connectivity index (χ3v) is 5.16. The van der Waals surface area contributed by atoms with Crippen LogP contribution < -0.4 is 0 Å². The Hall–Kier alpha value is -3.13. The van der Waals surface area contributed by atoms with E-state index in [2.05, 4.69) is 92.7 Å². The zero-order valence-corrected chi connectivity index (χ0v) is 15.6. The molecule has 1 aliphatic rings. The van der Waals surface area contributed by atoms with Crippen LogP contribution in [-0.4, -0.2) is 18.0 Å². The first-order valence-electron chi connectivity index (χ1n) is 9.35. The molecule has 0 amide bonds. The average molecular weight is 351 g/mol. The maximum atomic E-state index is 6.00. The van der Waals surface area contributed by atoms with E-state index in [1.807, 2.05) is 0 Å². The standard InChI is InChI=1S/C25H21NO/c1-25(2)16-27-24(26-25)22-14-13-18-8-5-6-10-21(18)23(22)20-12-11-17-7-3-4-9-19(17)15-20/h3-15H,16H2,1-2H3. The predicted molar refractivity (Wildman–Crippen MR) is 113 cm³/mol. The zero-order valence-electron chi connectivity index (χ0n) is 15.6. The van der Waals surface area contributed by atoms with Gasteiger partial charge in [-0.05, 0) is 53.1 Å². The van der Waals surface area contributed by atoms with E-state index in [9.17, 15) is 0 Å². The van der Waals surface area contributed by atoms with Gasteiger partial charge in [0.15, 0.2) is 0 Å². The van der Waals surface area contributed by atoms with E-state index >= 15 is 0 Å². The summed E-state index contributed by atoms with van der Waals surface area (Å²) in [4.78, 5) is 4.84. The summed E-state index contributed by atoms with van der Waals surface area (Å²) in [5, 5.41) is 4.94. The summed E-state index contributed by atoms with van der Waals surface area (Å²) in [6.45, 7) is 4.83. The molecule has 0 unspecified atom stereocenters. The van der Waals surface area contributed by atoms with Crippen molar-refractivity contribution in [3.05, 3.63) is 84.4 Å². The highest BCUT2D eigenvalue weighted by atomic mass is 16.5. The normalized spacial score (nSPS) is 15.7. The number of benzene rings is 4. The average Bonchev–Trinajstić information content (AvgIpc) is 3.06. The molecule has 1 aliphatic heterocycles. The Balaban J connectivity index is 1.81. The van der Waals surface area contributed by atoms with Crippen LogP contribution in [0.3, 0.4) is 0 Å². The van der Waals surface area contributed by atoms with Gasteiger partial charge < -0.3 is 4.74 Å². The topological polar surface area (TPSA) is 21.6 Å². The summed E-state index contributed by atoms with van der Waals surface area (Å²) in [6.07, 6.45) is 0. The van der Waals surface area contributed by atoms with E-state index in [1.165, 1.54) is 32.7 Å². The van der Waals surface area contributed by atoms with Gasteiger partial charge in [0.25, 0.3) is 0 Å². The van der Waals surface area contributed by atoms with Gasteiger partial charge in [0.1, 0.15) is 6.61 Å². The molecule has 0 N–H and O–H groups in total. The first-order valence-corrected chi connectivity index (χ1v) is 9.35. The van der Waals surface area contributed by atoms with Crippen LogP contribution in [0.2, 0.25) is 0 Å². The SMILES string of the molecule is CC1(C)COC(c2ccc3ccccc3c2-c2ccc3ccccc3c2)=N1. The molecule has 0 saturated carbocycles. The molecule has 27 heavy (non-hydrogen) atoms. The van der Waals surface area contributed by atoms with Crippen molar-refractivity contribution in [1.29, 1.82) is 0 Å². The van der Waals surface area contributed by atoms with Gasteiger partial charge in [-0.25, -0.2) is 4.99 Å². The van der Waals surface area contributed by atoms with Crippen molar-refractivity contribution in [2.75, 3.05) is 6.61 Å². The van der Waals surface area contributed by atoms with E-state index in [1.54, 1.807) is 0 Å². The van der Waals surface area contributed by atoms with Gasteiger partial charge in [-0.3, -0.25) is 0 Å². The van der Waals surface area contributed by atoms with Crippen LogP contribution in [0, 0.1) is 0 Å². The Kier molecular flexibility index (Phi) is 3.54. The number of hydrogen-bond acceptors (Lipinski definition) is 2. The Morgan fingerprint density at radius 3 is 2.26 bits per heavy atom. The lowest BCUT2D eigenvalue weighted by atomic mass is 9.92. The molecule has 4 aromatic carbocycles. The summed E-state index contributed by atoms with van der Waals surface area (Å²) in [7, 11) is 0. The van der Waals surface area contributed by atoms with Crippen molar-refractivity contribution in [3.8, 4) is 11.1 Å². The predicted octanol–water partition coefficient (Wildman–Crippen LogP) is 6.22. The van der Waals surface area contributed by atoms with Crippen molar-refractivity contribution in [1.82, 2.24) is 0 Å². The van der Waals surface area contributed by atoms with Crippen LogP contribution >= 0.6 is 0 Å². The van der Waals surface area contributed by atoms with Crippen LogP contribution in [0.15, 0.2) is 83.9 Å². The fourth-order valence-corrected chi connectivity index (χ4v) is 3.83. The zero-order chi connectivity index (χ0) is 18.4. The van der Waals surface area contributed by atoms with Gasteiger partial charge in [-0.2, -0.15) is 0 Å². The molecular weight excluding hydrogens is 330 g/mol. The number of ether oxygens (including phenoxy) is 1. The molecule has 0 fully saturated rings. The van der Waals surface area contributed by atoms with E-state index < -0.39 is 0 Å². The van der Waals surface area contributed by atoms with Crippen molar-refractivity contribution >= 4 is 27.4 Å². The van der Waals surface area contributed by atoms with Crippen molar-refractivity contribution in [2.24, 2.45) is 4.99 Å². The van der Waals surface area contributed by atoms with Crippen LogP contribution in [0.4, 0.5) is 0 Å². The fourth-order valence-electron chi connectivity index (χ4n) is 3.83. The highest BCUT2D eigenvalue weighted by molar-refractivity contribution is 6.11. The van der Waals surface area contributed by atoms with Gasteiger partial charge in [-0.15, -0.1) is 0 Å². The van der Waals surface area contributed by atoms with Crippen molar-refractivity contribution in [2.45, 2.75) is 19.4 Å². The van der Waals surface area contributed by atoms with E-state index in [4.69, 9.17) is 9.73 Å². The minimum atomic E-state index is -0.179. The summed E-state index contributed by atoms with van der Waals surface area (Å²) in [5.74, 6) is 0.744. The Labute approximate surface area is 159 Å². The van der Waals surface area contributed by atoms with Gasteiger partial charge in [0.2, 0.25) is 5.90 Å². The lowest BCUT2D eigenvalue weighted by molar-refractivity contribution is 0.279. The van der Waals surface area contributed by atoms with Crippen molar-refractivity contribution in [3.63, 3.8) is 0 Å². The first-order chi connectivity index (χ1) is 13.1. The van der Waals surface area contributed by atoms with Crippen LogP contribution in [0.25, 0.3) is 32.7 Å². The molecule has 5 rings (SSSR count). The fraction of sp³-hybridized carbons (Fsp3) is 0.160. The Bertz CT molecular complexity index is 1200. The Morgan fingerprint density at radius 2 is 1.48 bits per heavy atom. The number of aliphatic imine (C=N–C) groups is 1. The maximum Gasteiger partial charge on any atom is 0.217 e. The molecular formula is C25H21NO. The van der Waals surface area contributed by atoms with Gasteiger partial charge in [0.05, 0.1) is 5.54 Å². The molecule has 132 valence electrons. The van der Waals surface area contributed by atoms with Crippen LogP contribution in [0.5, 0.6) is 0 Å².